The highest BCUT2D eigenvalue weighted by Crippen LogP contribution is 2.28. The molecule has 0 amide bonds. The van der Waals surface area contributed by atoms with Crippen LogP contribution in [0.4, 0.5) is 5.69 Å². The van der Waals surface area contributed by atoms with Crippen LogP contribution < -0.4 is 4.72 Å². The summed E-state index contributed by atoms with van der Waals surface area (Å²) in [5, 5.41) is 9.10. The van der Waals surface area contributed by atoms with E-state index in [0.29, 0.717) is 29.7 Å². The molecule has 0 aliphatic carbocycles. The van der Waals surface area contributed by atoms with Gasteiger partial charge in [-0.3, -0.25) is 4.72 Å². The van der Waals surface area contributed by atoms with Crippen molar-refractivity contribution in [2.45, 2.75) is 17.9 Å². The van der Waals surface area contributed by atoms with Crippen molar-refractivity contribution in [2.75, 3.05) is 4.72 Å². The zero-order chi connectivity index (χ0) is 24.3. The van der Waals surface area contributed by atoms with E-state index in [1.807, 2.05) is 42.5 Å². The Labute approximate surface area is 204 Å². The Kier molecular flexibility index (Phi) is 6.04. The number of sulfonamides is 1. The largest absolute Gasteiger partial charge is 0.323 e. The quantitative estimate of drug-likeness (QED) is 0.342. The Bertz CT molecular complexity index is 1620. The first kappa shape index (κ1) is 22.4. The molecule has 0 fully saturated rings. The first-order valence-electron chi connectivity index (χ1n) is 11.1. The van der Waals surface area contributed by atoms with Crippen LogP contribution in [0.25, 0.3) is 11.0 Å². The van der Waals surface area contributed by atoms with Gasteiger partial charge in [0.25, 0.3) is 10.0 Å². The van der Waals surface area contributed by atoms with Gasteiger partial charge >= 0.3 is 0 Å². The van der Waals surface area contributed by atoms with Crippen molar-refractivity contribution in [1.82, 2.24) is 9.55 Å². The predicted octanol–water partition coefficient (Wildman–Crippen LogP) is 5.35. The minimum absolute atomic E-state index is 0.193. The normalized spacial score (nSPS) is 11.3. The van der Waals surface area contributed by atoms with Crippen molar-refractivity contribution >= 4 is 26.7 Å². The molecule has 0 radical (unpaired) electrons. The summed E-state index contributed by atoms with van der Waals surface area (Å²) in [6.07, 6.45) is 0.540. The molecule has 1 N–H and O–H groups in total. The van der Waals surface area contributed by atoms with E-state index in [2.05, 4.69) is 27.5 Å². The molecule has 7 heteroatoms. The summed E-state index contributed by atoms with van der Waals surface area (Å²) in [6.45, 7) is 0.595. The van der Waals surface area contributed by atoms with Crippen LogP contribution in [-0.4, -0.2) is 18.0 Å². The van der Waals surface area contributed by atoms with Crippen molar-refractivity contribution < 1.29 is 8.42 Å². The molecule has 35 heavy (non-hydrogen) atoms. The van der Waals surface area contributed by atoms with Gasteiger partial charge in [0.2, 0.25) is 0 Å². The molecule has 0 saturated heterocycles. The summed E-state index contributed by atoms with van der Waals surface area (Å²) in [7, 11) is -3.76. The number of nitriles is 1. The van der Waals surface area contributed by atoms with Crippen LogP contribution >= 0.6 is 0 Å². The van der Waals surface area contributed by atoms with Gasteiger partial charge in [-0.2, -0.15) is 5.26 Å². The molecule has 5 aromatic rings. The zero-order valence-electron chi connectivity index (χ0n) is 18.8. The lowest BCUT2D eigenvalue weighted by Gasteiger charge is -2.11. The smallest absolute Gasteiger partial charge is 0.261 e. The lowest BCUT2D eigenvalue weighted by Crippen LogP contribution is -2.13. The van der Waals surface area contributed by atoms with Crippen LogP contribution in [-0.2, 0) is 23.0 Å². The Hall–Kier alpha value is -4.41. The van der Waals surface area contributed by atoms with E-state index in [-0.39, 0.29) is 4.90 Å². The highest BCUT2D eigenvalue weighted by atomic mass is 32.2. The second-order valence-corrected chi connectivity index (χ2v) is 9.86. The fourth-order valence-electron chi connectivity index (χ4n) is 4.04. The number of benzene rings is 4. The highest BCUT2D eigenvalue weighted by Gasteiger charge is 2.19. The maximum atomic E-state index is 13.0. The van der Waals surface area contributed by atoms with Crippen molar-refractivity contribution in [3.8, 4) is 6.07 Å². The molecule has 0 unspecified atom stereocenters. The van der Waals surface area contributed by atoms with Gasteiger partial charge in [0, 0.05) is 13.0 Å². The number of aromatic nitrogens is 2. The Morgan fingerprint density at radius 2 is 1.49 bits per heavy atom. The Morgan fingerprint density at radius 1 is 0.800 bits per heavy atom. The number of hydrogen-bond donors (Lipinski definition) is 1. The number of hydrogen-bond acceptors (Lipinski definition) is 4. The molecule has 0 bridgehead atoms. The molecule has 1 heterocycles. The number of imidazole rings is 1. The molecule has 0 saturated carbocycles. The summed E-state index contributed by atoms with van der Waals surface area (Å²) in [6, 6.07) is 33.4. The molecule has 0 spiro atoms. The summed E-state index contributed by atoms with van der Waals surface area (Å²) >= 11 is 0. The van der Waals surface area contributed by atoms with Gasteiger partial charge in [-0.05, 0) is 47.5 Å². The third kappa shape index (κ3) is 4.79. The molecular formula is C28H22N4O2S. The highest BCUT2D eigenvalue weighted by molar-refractivity contribution is 7.92. The molecule has 1 aromatic heterocycles. The van der Waals surface area contributed by atoms with E-state index in [0.717, 1.165) is 22.5 Å². The maximum absolute atomic E-state index is 13.0. The average molecular weight is 479 g/mol. The first-order valence-corrected chi connectivity index (χ1v) is 12.6. The second kappa shape index (κ2) is 9.45. The second-order valence-electron chi connectivity index (χ2n) is 8.18. The number of nitrogens with one attached hydrogen (secondary N) is 1. The number of anilines is 1. The first-order chi connectivity index (χ1) is 17.0. The minimum Gasteiger partial charge on any atom is -0.323 e. The van der Waals surface area contributed by atoms with Crippen molar-refractivity contribution in [3.63, 3.8) is 0 Å². The lowest BCUT2D eigenvalue weighted by atomic mass is 10.1. The van der Waals surface area contributed by atoms with Gasteiger partial charge in [0.1, 0.15) is 11.3 Å². The lowest BCUT2D eigenvalue weighted by molar-refractivity contribution is 0.601. The zero-order valence-corrected chi connectivity index (χ0v) is 19.6. The van der Waals surface area contributed by atoms with E-state index in [9.17, 15) is 8.42 Å². The van der Waals surface area contributed by atoms with Gasteiger partial charge in [-0.25, -0.2) is 13.4 Å². The molecule has 0 aliphatic rings. The number of fused-ring (bicyclic) bond motifs is 1. The third-order valence-corrected chi connectivity index (χ3v) is 7.17. The van der Waals surface area contributed by atoms with Crippen LogP contribution in [0.3, 0.4) is 0 Å². The summed E-state index contributed by atoms with van der Waals surface area (Å²) < 4.78 is 30.9. The number of nitrogens with zero attached hydrogens (tertiary/aromatic N) is 3. The summed E-state index contributed by atoms with van der Waals surface area (Å²) in [5.74, 6) is 0.805. The maximum Gasteiger partial charge on any atom is 0.261 e. The van der Waals surface area contributed by atoms with Gasteiger partial charge in [-0.1, -0.05) is 66.7 Å². The molecule has 0 aliphatic heterocycles. The third-order valence-electron chi connectivity index (χ3n) is 5.78. The van der Waals surface area contributed by atoms with Crippen molar-refractivity contribution in [2.24, 2.45) is 0 Å². The Morgan fingerprint density at radius 3 is 2.17 bits per heavy atom. The molecule has 4 aromatic carbocycles. The monoisotopic (exact) mass is 478 g/mol. The molecule has 5 rings (SSSR count). The summed E-state index contributed by atoms with van der Waals surface area (Å²) in [5.41, 5.74) is 4.59. The van der Waals surface area contributed by atoms with E-state index in [4.69, 9.17) is 10.2 Å². The van der Waals surface area contributed by atoms with Crippen LogP contribution in [0.1, 0.15) is 22.5 Å². The minimum atomic E-state index is -3.76. The predicted molar refractivity (Wildman–Crippen MR) is 136 cm³/mol. The van der Waals surface area contributed by atoms with E-state index >= 15 is 0 Å². The van der Waals surface area contributed by atoms with Crippen molar-refractivity contribution in [1.29, 1.82) is 5.26 Å². The molecule has 172 valence electrons. The van der Waals surface area contributed by atoms with Crippen molar-refractivity contribution in [3.05, 3.63) is 126 Å². The number of rotatable bonds is 7. The fourth-order valence-corrected chi connectivity index (χ4v) is 5.13. The molecule has 6 nitrogen and oxygen atoms in total. The van der Waals surface area contributed by atoms with Gasteiger partial charge < -0.3 is 4.57 Å². The average Bonchev–Trinajstić information content (AvgIpc) is 3.23. The SMILES string of the molecule is N#Cc1ccc(Cc2nc3c(NS(=O)(=O)c4ccccc4)cccc3n2Cc2ccccc2)cc1. The topological polar surface area (TPSA) is 87.8 Å². The van der Waals surface area contributed by atoms with Crippen LogP contribution in [0, 0.1) is 11.3 Å². The summed E-state index contributed by atoms with van der Waals surface area (Å²) in [4.78, 5) is 5.09. The van der Waals surface area contributed by atoms with Gasteiger partial charge in [0.05, 0.1) is 27.7 Å². The fraction of sp³-hybridized carbons (Fsp3) is 0.0714. The molecule has 0 atom stereocenters. The Balaban J connectivity index is 1.59. The van der Waals surface area contributed by atoms with E-state index < -0.39 is 10.0 Å². The van der Waals surface area contributed by atoms with Gasteiger partial charge in [-0.15, -0.1) is 0 Å². The van der Waals surface area contributed by atoms with Crippen LogP contribution in [0.5, 0.6) is 0 Å². The van der Waals surface area contributed by atoms with E-state index in [1.54, 1.807) is 48.5 Å². The van der Waals surface area contributed by atoms with E-state index in [1.165, 1.54) is 0 Å². The number of para-hydroxylation sites is 1. The van der Waals surface area contributed by atoms with Crippen LogP contribution in [0.2, 0.25) is 0 Å². The molecular weight excluding hydrogens is 456 g/mol. The van der Waals surface area contributed by atoms with Crippen LogP contribution in [0.15, 0.2) is 108 Å². The standard InChI is InChI=1S/C28H22N4O2S/c29-19-22-16-14-21(15-17-22)18-27-30-28-25(31-35(33,34)24-10-5-2-6-11-24)12-7-13-26(28)32(27)20-23-8-3-1-4-9-23/h1-17,31H,18,20H2. The van der Waals surface area contributed by atoms with Gasteiger partial charge in [0.15, 0.2) is 0 Å².